The fourth-order valence-electron chi connectivity index (χ4n) is 3.72. The standard InChI is InChI=1S/C19H26N2O5/c22-19(15-1-2-17-18(13-15)26-14-25-17)21(16-3-9-23-10-4-16)6-5-20-7-11-24-12-8-20/h1-2,13,16H,3-12,14H2. The Balaban J connectivity index is 1.48. The minimum absolute atomic E-state index is 0.0588. The lowest BCUT2D eigenvalue weighted by Gasteiger charge is -2.36. The van der Waals surface area contributed by atoms with Crippen LogP contribution < -0.4 is 9.47 Å². The molecule has 0 bridgehead atoms. The highest BCUT2D eigenvalue weighted by molar-refractivity contribution is 5.95. The topological polar surface area (TPSA) is 60.5 Å². The summed E-state index contributed by atoms with van der Waals surface area (Å²) in [4.78, 5) is 17.6. The fourth-order valence-corrected chi connectivity index (χ4v) is 3.72. The molecule has 2 fully saturated rings. The molecule has 0 N–H and O–H groups in total. The van der Waals surface area contributed by atoms with Gasteiger partial charge in [0.25, 0.3) is 5.91 Å². The van der Waals surface area contributed by atoms with Crippen molar-refractivity contribution >= 4 is 5.91 Å². The molecule has 3 aliphatic rings. The minimum atomic E-state index is 0.0588. The van der Waals surface area contributed by atoms with Crippen molar-refractivity contribution in [2.45, 2.75) is 18.9 Å². The number of benzene rings is 1. The van der Waals surface area contributed by atoms with E-state index in [-0.39, 0.29) is 18.7 Å². The number of morpholine rings is 1. The first-order chi connectivity index (χ1) is 12.8. The van der Waals surface area contributed by atoms with Gasteiger partial charge < -0.3 is 23.8 Å². The van der Waals surface area contributed by atoms with Crippen LogP contribution in [0.1, 0.15) is 23.2 Å². The molecule has 0 spiro atoms. The summed E-state index contributed by atoms with van der Waals surface area (Å²) in [6.07, 6.45) is 1.78. The summed E-state index contributed by atoms with van der Waals surface area (Å²) in [5.74, 6) is 1.41. The van der Waals surface area contributed by atoms with E-state index < -0.39 is 0 Å². The Kier molecular flexibility index (Phi) is 5.57. The Bertz CT molecular complexity index is 626. The molecule has 3 heterocycles. The molecule has 1 aromatic carbocycles. The third-order valence-electron chi connectivity index (χ3n) is 5.27. The van der Waals surface area contributed by atoms with E-state index in [1.165, 1.54) is 0 Å². The molecular weight excluding hydrogens is 336 g/mol. The van der Waals surface area contributed by atoms with Crippen molar-refractivity contribution in [1.29, 1.82) is 0 Å². The molecule has 0 atom stereocenters. The van der Waals surface area contributed by atoms with Crippen LogP contribution in [0.4, 0.5) is 0 Å². The summed E-state index contributed by atoms with van der Waals surface area (Å²) in [7, 11) is 0. The summed E-state index contributed by atoms with van der Waals surface area (Å²) in [6, 6.07) is 5.67. The second-order valence-electron chi connectivity index (χ2n) is 6.86. The van der Waals surface area contributed by atoms with Crippen LogP contribution in [-0.4, -0.2) is 81.1 Å². The zero-order chi connectivity index (χ0) is 17.8. The molecule has 0 aliphatic carbocycles. The number of amides is 1. The van der Waals surface area contributed by atoms with Gasteiger partial charge in [-0.1, -0.05) is 0 Å². The predicted molar refractivity (Wildman–Crippen MR) is 94.7 cm³/mol. The maximum atomic E-state index is 13.3. The SMILES string of the molecule is O=C(c1ccc2c(c1)OCO2)N(CCN1CCOCC1)C1CCOCC1. The maximum absolute atomic E-state index is 13.3. The average Bonchev–Trinajstić information content (AvgIpc) is 3.17. The van der Waals surface area contributed by atoms with Crippen molar-refractivity contribution in [3.8, 4) is 11.5 Å². The van der Waals surface area contributed by atoms with Crippen molar-refractivity contribution < 1.29 is 23.7 Å². The third kappa shape index (κ3) is 3.95. The number of carbonyl (C=O) groups is 1. The first-order valence-electron chi connectivity index (χ1n) is 9.40. The van der Waals surface area contributed by atoms with Gasteiger partial charge in [0, 0.05) is 51.0 Å². The van der Waals surface area contributed by atoms with E-state index in [4.69, 9.17) is 18.9 Å². The van der Waals surface area contributed by atoms with Gasteiger partial charge in [0.2, 0.25) is 6.79 Å². The molecule has 1 amide bonds. The Labute approximate surface area is 153 Å². The molecular formula is C19H26N2O5. The first-order valence-corrected chi connectivity index (χ1v) is 9.40. The Morgan fingerprint density at radius 1 is 1.04 bits per heavy atom. The van der Waals surface area contributed by atoms with E-state index in [0.717, 1.165) is 52.2 Å². The molecule has 2 saturated heterocycles. The van der Waals surface area contributed by atoms with E-state index in [1.54, 1.807) is 6.07 Å². The highest BCUT2D eigenvalue weighted by Crippen LogP contribution is 2.33. The van der Waals surface area contributed by atoms with Gasteiger partial charge in [0.15, 0.2) is 11.5 Å². The minimum Gasteiger partial charge on any atom is -0.454 e. The van der Waals surface area contributed by atoms with Gasteiger partial charge in [0.1, 0.15) is 0 Å². The van der Waals surface area contributed by atoms with Gasteiger partial charge >= 0.3 is 0 Å². The molecule has 0 radical (unpaired) electrons. The molecule has 7 nitrogen and oxygen atoms in total. The number of hydrogen-bond acceptors (Lipinski definition) is 6. The van der Waals surface area contributed by atoms with Crippen LogP contribution in [0.15, 0.2) is 18.2 Å². The van der Waals surface area contributed by atoms with Gasteiger partial charge in [-0.2, -0.15) is 0 Å². The van der Waals surface area contributed by atoms with E-state index >= 15 is 0 Å². The summed E-state index contributed by atoms with van der Waals surface area (Å²) >= 11 is 0. The molecule has 142 valence electrons. The molecule has 3 aliphatic heterocycles. The second kappa shape index (κ2) is 8.24. The maximum Gasteiger partial charge on any atom is 0.254 e. The smallest absolute Gasteiger partial charge is 0.254 e. The molecule has 4 rings (SSSR count). The third-order valence-corrected chi connectivity index (χ3v) is 5.27. The summed E-state index contributed by atoms with van der Waals surface area (Å²) < 4.78 is 21.7. The van der Waals surface area contributed by atoms with Crippen LogP contribution in [0.3, 0.4) is 0 Å². The molecule has 7 heteroatoms. The second-order valence-corrected chi connectivity index (χ2v) is 6.86. The number of rotatable bonds is 5. The Morgan fingerprint density at radius 3 is 2.58 bits per heavy atom. The highest BCUT2D eigenvalue weighted by Gasteiger charge is 2.28. The Hall–Kier alpha value is -1.83. The van der Waals surface area contributed by atoms with Crippen LogP contribution in [0.25, 0.3) is 0 Å². The van der Waals surface area contributed by atoms with Crippen LogP contribution in [0.2, 0.25) is 0 Å². The quantitative estimate of drug-likeness (QED) is 0.789. The van der Waals surface area contributed by atoms with Crippen LogP contribution in [-0.2, 0) is 9.47 Å². The van der Waals surface area contributed by atoms with E-state index in [2.05, 4.69) is 4.90 Å². The first kappa shape index (κ1) is 17.6. The van der Waals surface area contributed by atoms with Crippen molar-refractivity contribution in [3.05, 3.63) is 23.8 Å². The zero-order valence-corrected chi connectivity index (χ0v) is 15.0. The van der Waals surface area contributed by atoms with Crippen molar-refractivity contribution in [2.75, 3.05) is 59.4 Å². The summed E-state index contributed by atoms with van der Waals surface area (Å²) in [5, 5.41) is 0. The zero-order valence-electron chi connectivity index (χ0n) is 15.0. The number of fused-ring (bicyclic) bond motifs is 1. The van der Waals surface area contributed by atoms with E-state index in [1.807, 2.05) is 17.0 Å². The van der Waals surface area contributed by atoms with Crippen LogP contribution in [0.5, 0.6) is 11.5 Å². The van der Waals surface area contributed by atoms with Gasteiger partial charge in [-0.25, -0.2) is 0 Å². The fraction of sp³-hybridized carbons (Fsp3) is 0.632. The summed E-state index contributed by atoms with van der Waals surface area (Å²) in [6.45, 7) is 6.64. The number of ether oxygens (including phenoxy) is 4. The number of carbonyl (C=O) groups excluding carboxylic acids is 1. The van der Waals surface area contributed by atoms with Crippen LogP contribution in [0, 0.1) is 0 Å². The predicted octanol–water partition coefficient (Wildman–Crippen LogP) is 1.37. The van der Waals surface area contributed by atoms with E-state index in [0.29, 0.717) is 30.3 Å². The Morgan fingerprint density at radius 2 is 1.77 bits per heavy atom. The monoisotopic (exact) mass is 362 g/mol. The van der Waals surface area contributed by atoms with Crippen molar-refractivity contribution in [1.82, 2.24) is 9.80 Å². The average molecular weight is 362 g/mol. The summed E-state index contributed by atoms with van der Waals surface area (Å²) in [5.41, 5.74) is 0.655. The molecule has 1 aromatic rings. The van der Waals surface area contributed by atoms with E-state index in [9.17, 15) is 4.79 Å². The van der Waals surface area contributed by atoms with Crippen molar-refractivity contribution in [3.63, 3.8) is 0 Å². The van der Waals surface area contributed by atoms with Crippen LogP contribution >= 0.6 is 0 Å². The highest BCUT2D eigenvalue weighted by atomic mass is 16.7. The molecule has 26 heavy (non-hydrogen) atoms. The van der Waals surface area contributed by atoms with Gasteiger partial charge in [-0.3, -0.25) is 9.69 Å². The lowest BCUT2D eigenvalue weighted by atomic mass is 10.0. The molecule has 0 saturated carbocycles. The largest absolute Gasteiger partial charge is 0.454 e. The number of hydrogen-bond donors (Lipinski definition) is 0. The lowest BCUT2D eigenvalue weighted by Crippen LogP contribution is -2.48. The van der Waals surface area contributed by atoms with Gasteiger partial charge in [-0.15, -0.1) is 0 Å². The number of nitrogens with zero attached hydrogens (tertiary/aromatic N) is 2. The molecule has 0 aromatic heterocycles. The normalized spacial score (nSPS) is 20.9. The van der Waals surface area contributed by atoms with Gasteiger partial charge in [-0.05, 0) is 31.0 Å². The lowest BCUT2D eigenvalue weighted by molar-refractivity contribution is 0.0141. The van der Waals surface area contributed by atoms with Crippen molar-refractivity contribution in [2.24, 2.45) is 0 Å². The molecule has 0 unspecified atom stereocenters. The van der Waals surface area contributed by atoms with Gasteiger partial charge in [0.05, 0.1) is 13.2 Å².